The highest BCUT2D eigenvalue weighted by Crippen LogP contribution is 2.44. The van der Waals surface area contributed by atoms with Crippen molar-refractivity contribution in [1.29, 1.82) is 0 Å². The van der Waals surface area contributed by atoms with Gasteiger partial charge in [0.05, 0.1) is 11.0 Å². The molecule has 0 saturated carbocycles. The maximum Gasteiger partial charge on any atom is 0.143 e. The Morgan fingerprint density at radius 2 is 0.873 bits per heavy atom. The van der Waals surface area contributed by atoms with Crippen molar-refractivity contribution in [2.45, 2.75) is 0 Å². The molecule has 2 aromatic heterocycles. The molecule has 63 heavy (non-hydrogen) atoms. The Morgan fingerprint density at radius 3 is 1.65 bits per heavy atom. The molecule has 0 saturated heterocycles. The van der Waals surface area contributed by atoms with Crippen LogP contribution in [0.5, 0.6) is 0 Å². The van der Waals surface area contributed by atoms with Gasteiger partial charge in [-0.2, -0.15) is 0 Å². The molecule has 3 heteroatoms. The smallest absolute Gasteiger partial charge is 0.143 e. The molecular weight excluding hydrogens is 765 g/mol. The summed E-state index contributed by atoms with van der Waals surface area (Å²) in [4.78, 5) is 2.39. The third kappa shape index (κ3) is 5.60. The van der Waals surface area contributed by atoms with Gasteiger partial charge in [0.1, 0.15) is 11.2 Å². The van der Waals surface area contributed by atoms with E-state index >= 15 is 0 Å². The molecule has 2 heterocycles. The predicted octanol–water partition coefficient (Wildman–Crippen LogP) is 16.9. The lowest BCUT2D eigenvalue weighted by Gasteiger charge is -2.27. The van der Waals surface area contributed by atoms with Crippen LogP contribution in [0.1, 0.15) is 0 Å². The van der Waals surface area contributed by atoms with Crippen molar-refractivity contribution >= 4 is 93.1 Å². The molecule has 11 aromatic carbocycles. The summed E-state index contributed by atoms with van der Waals surface area (Å²) in [6.45, 7) is 0. The fraction of sp³-hybridized carbons (Fsp3) is 0. The molecule has 0 bridgehead atoms. The van der Waals surface area contributed by atoms with E-state index in [0.717, 1.165) is 55.8 Å². The first kappa shape index (κ1) is 35.4. The van der Waals surface area contributed by atoms with Crippen molar-refractivity contribution in [1.82, 2.24) is 4.57 Å². The van der Waals surface area contributed by atoms with Gasteiger partial charge in [-0.15, -0.1) is 0 Å². The molecule has 3 nitrogen and oxygen atoms in total. The standard InChI is InChI=1S/C60H38N2O/c1-2-15-42(16-3-1)62-57-26-10-8-22-52(57)56-37-40(30-35-58(56)62)39-28-31-43(32-29-39)61(45-33-34-51-49-20-5-4-18-47(49)48-19-6-7-21-50(48)55(51)38-45)44-17-12-14-41(36-44)46-24-13-25-54-53-23-9-11-27-59(53)63-60(46)54/h1-38H. The van der Waals surface area contributed by atoms with Crippen LogP contribution in [-0.4, -0.2) is 4.57 Å². The Morgan fingerprint density at radius 1 is 0.302 bits per heavy atom. The number of fused-ring (bicyclic) bond motifs is 12. The number of benzene rings is 11. The molecule has 13 rings (SSSR count). The highest BCUT2D eigenvalue weighted by molar-refractivity contribution is 6.26. The van der Waals surface area contributed by atoms with Crippen molar-refractivity contribution < 1.29 is 4.42 Å². The molecule has 13 aromatic rings. The van der Waals surface area contributed by atoms with Gasteiger partial charge in [0.15, 0.2) is 0 Å². The van der Waals surface area contributed by atoms with Gasteiger partial charge in [0.2, 0.25) is 0 Å². The van der Waals surface area contributed by atoms with Crippen LogP contribution in [-0.2, 0) is 0 Å². The third-order valence-corrected chi connectivity index (χ3v) is 13.0. The van der Waals surface area contributed by atoms with E-state index in [4.69, 9.17) is 4.42 Å². The number of hydrogen-bond acceptors (Lipinski definition) is 2. The predicted molar refractivity (Wildman–Crippen MR) is 266 cm³/mol. The Kier molecular flexibility index (Phi) is 7.91. The molecular formula is C60H38N2O. The van der Waals surface area contributed by atoms with E-state index in [-0.39, 0.29) is 0 Å². The Balaban J connectivity index is 0.977. The fourth-order valence-electron chi connectivity index (χ4n) is 10.1. The summed E-state index contributed by atoms with van der Waals surface area (Å²) in [5.74, 6) is 0. The Labute approximate surface area is 363 Å². The van der Waals surface area contributed by atoms with Crippen LogP contribution in [0.15, 0.2) is 235 Å². The lowest BCUT2D eigenvalue weighted by atomic mass is 9.94. The number of nitrogens with zero attached hydrogens (tertiary/aromatic N) is 2. The van der Waals surface area contributed by atoms with Crippen LogP contribution in [0.2, 0.25) is 0 Å². The molecule has 0 radical (unpaired) electrons. The fourth-order valence-corrected chi connectivity index (χ4v) is 10.1. The highest BCUT2D eigenvalue weighted by atomic mass is 16.3. The molecule has 0 fully saturated rings. The van der Waals surface area contributed by atoms with E-state index in [1.807, 2.05) is 6.07 Å². The van der Waals surface area contributed by atoms with Crippen molar-refractivity contribution in [2.75, 3.05) is 4.90 Å². The monoisotopic (exact) mass is 802 g/mol. The van der Waals surface area contributed by atoms with Crippen molar-refractivity contribution in [3.63, 3.8) is 0 Å². The number of rotatable bonds is 6. The SMILES string of the molecule is c1ccc(-n2c3ccccc3c3cc(-c4ccc(N(c5cccc(-c6cccc7c6oc6ccccc67)c5)c5ccc6c7ccccc7c7ccccc7c6c5)cc4)ccc32)cc1. The van der Waals surface area contributed by atoms with Crippen LogP contribution < -0.4 is 4.90 Å². The second-order valence-corrected chi connectivity index (χ2v) is 16.5. The topological polar surface area (TPSA) is 21.3 Å². The lowest BCUT2D eigenvalue weighted by Crippen LogP contribution is -2.10. The molecule has 0 aliphatic rings. The zero-order valence-electron chi connectivity index (χ0n) is 34.2. The number of aromatic nitrogens is 1. The Hall–Kier alpha value is -8.40. The first-order valence-electron chi connectivity index (χ1n) is 21.6. The average molecular weight is 803 g/mol. The summed E-state index contributed by atoms with van der Waals surface area (Å²) in [5.41, 5.74) is 13.1. The summed E-state index contributed by atoms with van der Waals surface area (Å²) in [6.07, 6.45) is 0. The van der Waals surface area contributed by atoms with E-state index in [1.54, 1.807) is 0 Å². The molecule has 0 amide bonds. The molecule has 0 unspecified atom stereocenters. The van der Waals surface area contributed by atoms with Gasteiger partial charge in [0, 0.05) is 49.9 Å². The van der Waals surface area contributed by atoms with E-state index in [1.165, 1.54) is 65.3 Å². The first-order valence-corrected chi connectivity index (χ1v) is 21.6. The van der Waals surface area contributed by atoms with Gasteiger partial charge in [0.25, 0.3) is 0 Å². The minimum atomic E-state index is 0.898. The highest BCUT2D eigenvalue weighted by Gasteiger charge is 2.19. The zero-order chi connectivity index (χ0) is 41.4. The third-order valence-electron chi connectivity index (χ3n) is 13.0. The summed E-state index contributed by atoms with van der Waals surface area (Å²) < 4.78 is 8.92. The van der Waals surface area contributed by atoms with Crippen LogP contribution in [0.4, 0.5) is 17.1 Å². The largest absolute Gasteiger partial charge is 0.455 e. The van der Waals surface area contributed by atoms with Gasteiger partial charge in [-0.05, 0) is 122 Å². The minimum Gasteiger partial charge on any atom is -0.455 e. The van der Waals surface area contributed by atoms with Gasteiger partial charge in [-0.25, -0.2) is 0 Å². The van der Waals surface area contributed by atoms with E-state index in [0.29, 0.717) is 0 Å². The van der Waals surface area contributed by atoms with Gasteiger partial charge >= 0.3 is 0 Å². The van der Waals surface area contributed by atoms with Gasteiger partial charge < -0.3 is 13.9 Å². The summed E-state index contributed by atoms with van der Waals surface area (Å²) in [7, 11) is 0. The number of para-hydroxylation sites is 4. The second kappa shape index (κ2) is 14.1. The van der Waals surface area contributed by atoms with Gasteiger partial charge in [-0.1, -0.05) is 158 Å². The van der Waals surface area contributed by atoms with Crippen LogP contribution in [0.3, 0.4) is 0 Å². The summed E-state index contributed by atoms with van der Waals surface area (Å²) >= 11 is 0. The molecule has 0 spiro atoms. The van der Waals surface area contributed by atoms with E-state index in [9.17, 15) is 0 Å². The molecule has 294 valence electrons. The maximum absolute atomic E-state index is 6.55. The second-order valence-electron chi connectivity index (χ2n) is 16.5. The van der Waals surface area contributed by atoms with Crippen LogP contribution in [0.25, 0.3) is 104 Å². The van der Waals surface area contributed by atoms with Crippen LogP contribution >= 0.6 is 0 Å². The maximum atomic E-state index is 6.55. The normalized spacial score (nSPS) is 11.8. The summed E-state index contributed by atoms with van der Waals surface area (Å²) in [5, 5.41) is 12.3. The quantitative estimate of drug-likeness (QED) is 0.156. The summed E-state index contributed by atoms with van der Waals surface area (Å²) in [6, 6.07) is 83.5. The van der Waals surface area contributed by atoms with Crippen LogP contribution in [0, 0.1) is 0 Å². The molecule has 0 aliphatic heterocycles. The van der Waals surface area contributed by atoms with E-state index < -0.39 is 0 Å². The van der Waals surface area contributed by atoms with E-state index in [2.05, 4.69) is 234 Å². The minimum absolute atomic E-state index is 0.898. The average Bonchev–Trinajstić information content (AvgIpc) is 3.90. The van der Waals surface area contributed by atoms with Crippen molar-refractivity contribution in [2.24, 2.45) is 0 Å². The lowest BCUT2D eigenvalue weighted by molar-refractivity contribution is 0.670. The van der Waals surface area contributed by atoms with Gasteiger partial charge in [-0.3, -0.25) is 0 Å². The zero-order valence-corrected chi connectivity index (χ0v) is 34.2. The molecule has 0 aliphatic carbocycles. The molecule has 0 N–H and O–H groups in total. The first-order chi connectivity index (χ1) is 31.2. The van der Waals surface area contributed by atoms with Crippen molar-refractivity contribution in [3.8, 4) is 27.9 Å². The Bertz CT molecular complexity index is 3880. The number of hydrogen-bond donors (Lipinski definition) is 0. The number of anilines is 3. The van der Waals surface area contributed by atoms with Crippen molar-refractivity contribution in [3.05, 3.63) is 231 Å². The number of furan rings is 1. The molecule has 0 atom stereocenters.